The molecule has 3 fully saturated rings. The van der Waals surface area contributed by atoms with Gasteiger partial charge in [0.2, 0.25) is 5.91 Å². The van der Waals surface area contributed by atoms with Crippen molar-refractivity contribution in [2.45, 2.75) is 127 Å². The van der Waals surface area contributed by atoms with E-state index in [-0.39, 0.29) is 0 Å². The maximum absolute atomic E-state index is 12.2. The van der Waals surface area contributed by atoms with Gasteiger partial charge in [-0.2, -0.15) is 0 Å². The van der Waals surface area contributed by atoms with Crippen LogP contribution in [0.2, 0.25) is 0 Å². The summed E-state index contributed by atoms with van der Waals surface area (Å²) in [6.45, 7) is 30.7. The van der Waals surface area contributed by atoms with E-state index in [0.717, 1.165) is 56.8 Å². The van der Waals surface area contributed by atoms with E-state index in [1.807, 2.05) is 32.6 Å². The summed E-state index contributed by atoms with van der Waals surface area (Å²) in [6, 6.07) is 8.45. The summed E-state index contributed by atoms with van der Waals surface area (Å²) >= 11 is 0. The molecule has 5 nitrogen and oxygen atoms in total. The van der Waals surface area contributed by atoms with Crippen molar-refractivity contribution in [1.29, 1.82) is 0 Å². The number of ether oxygens (including phenoxy) is 1. The van der Waals surface area contributed by atoms with E-state index in [2.05, 4.69) is 82.5 Å². The zero-order valence-electron chi connectivity index (χ0n) is 30.1. The molecule has 1 saturated carbocycles. The molecule has 1 aromatic rings. The van der Waals surface area contributed by atoms with Crippen molar-refractivity contribution >= 4 is 5.91 Å². The van der Waals surface area contributed by atoms with Crippen LogP contribution in [-0.2, 0) is 9.53 Å². The molecule has 2 heterocycles. The molecular formula is C37H71N3O2. The fourth-order valence-electron chi connectivity index (χ4n) is 5.76. The first-order chi connectivity index (χ1) is 20.0. The number of carbonyl (C=O) groups excluding carboxylic acids is 1. The summed E-state index contributed by atoms with van der Waals surface area (Å²) in [5.74, 6) is 2.97. The maximum Gasteiger partial charge on any atom is 0.222 e. The van der Waals surface area contributed by atoms with Gasteiger partial charge < -0.3 is 9.64 Å². The lowest BCUT2D eigenvalue weighted by Crippen LogP contribution is -2.49. The highest BCUT2D eigenvalue weighted by molar-refractivity contribution is 5.76. The molecule has 0 radical (unpaired) electrons. The Morgan fingerprint density at radius 2 is 1.38 bits per heavy atom. The van der Waals surface area contributed by atoms with Gasteiger partial charge in [0.25, 0.3) is 0 Å². The molecule has 1 aliphatic carbocycles. The van der Waals surface area contributed by atoms with Crippen molar-refractivity contribution in [3.63, 3.8) is 0 Å². The van der Waals surface area contributed by atoms with E-state index >= 15 is 0 Å². The molecule has 1 aromatic carbocycles. The van der Waals surface area contributed by atoms with E-state index in [4.69, 9.17) is 4.74 Å². The van der Waals surface area contributed by atoms with Crippen molar-refractivity contribution in [3.05, 3.63) is 35.4 Å². The Morgan fingerprint density at radius 3 is 1.76 bits per heavy atom. The molecule has 42 heavy (non-hydrogen) atoms. The third-order valence-electron chi connectivity index (χ3n) is 8.48. The Balaban J connectivity index is 0.000000636. The number of amides is 1. The highest BCUT2D eigenvalue weighted by atomic mass is 16.5. The van der Waals surface area contributed by atoms with Crippen molar-refractivity contribution in [1.82, 2.24) is 14.7 Å². The molecule has 246 valence electrons. The summed E-state index contributed by atoms with van der Waals surface area (Å²) in [7, 11) is 1.72. The average Bonchev–Trinajstić information content (AvgIpc) is 3.43. The molecule has 4 rings (SSSR count). The number of hydrogen-bond acceptors (Lipinski definition) is 4. The monoisotopic (exact) mass is 590 g/mol. The number of likely N-dealkylation sites (tertiary alicyclic amines) is 1. The standard InChI is InChI=1S/C16H30N2O2.C9H19N.C8H10.2C2H6/c1-14-3-5-15(6-4-14)7-8-16(19)18-11-9-17(10-12-18)13-20-2;1-8-5-6-10(7-8)9(2,3)4;1-7-4-3-5-8(2)6-7;2*1-2/h14-15H,3-13H2,1-2H3;8H,5-7H2,1-4H3;3-6H,1-2H3;2*1-2H3. The summed E-state index contributed by atoms with van der Waals surface area (Å²) < 4.78 is 5.13. The highest BCUT2D eigenvalue weighted by Gasteiger charge is 2.27. The largest absolute Gasteiger partial charge is 0.369 e. The smallest absolute Gasteiger partial charge is 0.222 e. The van der Waals surface area contributed by atoms with Gasteiger partial charge in [-0.15, -0.1) is 0 Å². The number of carbonyl (C=O) groups is 1. The maximum atomic E-state index is 12.2. The molecule has 0 bridgehead atoms. The lowest BCUT2D eigenvalue weighted by atomic mass is 9.81. The zero-order chi connectivity index (χ0) is 32.1. The number of hydrogen-bond donors (Lipinski definition) is 0. The molecular weight excluding hydrogens is 518 g/mol. The second-order valence-corrected chi connectivity index (χ2v) is 13.3. The van der Waals surface area contributed by atoms with Gasteiger partial charge in [-0.3, -0.25) is 14.6 Å². The summed E-state index contributed by atoms with van der Waals surface area (Å²) in [5.41, 5.74) is 3.07. The van der Waals surface area contributed by atoms with Gasteiger partial charge >= 0.3 is 0 Å². The second-order valence-electron chi connectivity index (χ2n) is 13.3. The molecule has 1 amide bonds. The van der Waals surface area contributed by atoms with E-state index in [9.17, 15) is 4.79 Å². The molecule has 1 unspecified atom stereocenters. The third-order valence-corrected chi connectivity index (χ3v) is 8.48. The van der Waals surface area contributed by atoms with Crippen LogP contribution >= 0.6 is 0 Å². The minimum absolute atomic E-state index is 0.362. The van der Waals surface area contributed by atoms with E-state index in [1.165, 1.54) is 56.3 Å². The molecule has 2 aliphatic heterocycles. The quantitative estimate of drug-likeness (QED) is 0.344. The van der Waals surface area contributed by atoms with Crippen LogP contribution in [0.15, 0.2) is 24.3 Å². The van der Waals surface area contributed by atoms with Crippen LogP contribution in [0.3, 0.4) is 0 Å². The molecule has 0 aromatic heterocycles. The molecule has 1 atom stereocenters. The lowest BCUT2D eigenvalue weighted by molar-refractivity contribution is -0.134. The predicted molar refractivity (Wildman–Crippen MR) is 184 cm³/mol. The fourth-order valence-corrected chi connectivity index (χ4v) is 5.76. The van der Waals surface area contributed by atoms with Gasteiger partial charge in [0.1, 0.15) is 0 Å². The Morgan fingerprint density at radius 1 is 0.833 bits per heavy atom. The van der Waals surface area contributed by atoms with Crippen LogP contribution < -0.4 is 0 Å². The second kappa shape index (κ2) is 23.0. The van der Waals surface area contributed by atoms with Crippen LogP contribution in [0.5, 0.6) is 0 Å². The van der Waals surface area contributed by atoms with E-state index in [1.54, 1.807) is 7.11 Å². The van der Waals surface area contributed by atoms with Crippen molar-refractivity contribution in [2.24, 2.45) is 17.8 Å². The van der Waals surface area contributed by atoms with E-state index in [0.29, 0.717) is 18.2 Å². The van der Waals surface area contributed by atoms with Gasteiger partial charge in [-0.05, 0) is 71.8 Å². The molecule has 0 spiro atoms. The molecule has 0 N–H and O–H groups in total. The number of rotatable bonds is 5. The Labute approximate surface area is 262 Å². The van der Waals surface area contributed by atoms with Gasteiger partial charge in [-0.1, -0.05) is 103 Å². The summed E-state index contributed by atoms with van der Waals surface area (Å²) in [5, 5.41) is 0. The van der Waals surface area contributed by atoms with Crippen molar-refractivity contribution in [2.75, 3.05) is 53.1 Å². The lowest BCUT2D eigenvalue weighted by Gasteiger charge is -2.34. The van der Waals surface area contributed by atoms with Gasteiger partial charge in [0.05, 0.1) is 6.73 Å². The average molecular weight is 590 g/mol. The Bertz CT molecular complexity index is 773. The Kier molecular flexibility index (Phi) is 22.2. The van der Waals surface area contributed by atoms with E-state index < -0.39 is 0 Å². The zero-order valence-corrected chi connectivity index (χ0v) is 30.1. The van der Waals surface area contributed by atoms with Crippen LogP contribution in [-0.4, -0.2) is 79.3 Å². The number of aryl methyl sites for hydroxylation is 2. The summed E-state index contributed by atoms with van der Waals surface area (Å²) in [4.78, 5) is 19.1. The third kappa shape index (κ3) is 17.6. The molecule has 5 heteroatoms. The van der Waals surface area contributed by atoms with Crippen molar-refractivity contribution in [3.8, 4) is 0 Å². The van der Waals surface area contributed by atoms with Crippen LogP contribution in [0, 0.1) is 31.6 Å². The first-order valence-corrected chi connectivity index (χ1v) is 17.2. The number of piperazine rings is 1. The number of methoxy groups -OCH3 is 1. The minimum Gasteiger partial charge on any atom is -0.369 e. The van der Waals surface area contributed by atoms with Gasteiger partial charge in [0, 0.05) is 51.8 Å². The first kappa shape index (κ1) is 40.6. The minimum atomic E-state index is 0.362. The molecule has 3 aliphatic rings. The molecule has 2 saturated heterocycles. The van der Waals surface area contributed by atoms with Gasteiger partial charge in [0.15, 0.2) is 0 Å². The number of nitrogens with zero attached hydrogens (tertiary/aromatic N) is 3. The summed E-state index contributed by atoms with van der Waals surface area (Å²) in [6.07, 6.45) is 8.61. The predicted octanol–water partition coefficient (Wildman–Crippen LogP) is 8.82. The van der Waals surface area contributed by atoms with Crippen LogP contribution in [0.25, 0.3) is 0 Å². The van der Waals surface area contributed by atoms with Crippen molar-refractivity contribution < 1.29 is 9.53 Å². The Hall–Kier alpha value is -1.43. The topological polar surface area (TPSA) is 36.0 Å². The normalized spacial score (nSPS) is 22.7. The number of benzene rings is 1. The van der Waals surface area contributed by atoms with Crippen LogP contribution in [0.1, 0.15) is 118 Å². The van der Waals surface area contributed by atoms with Gasteiger partial charge in [-0.25, -0.2) is 0 Å². The highest BCUT2D eigenvalue weighted by Crippen LogP contribution is 2.31. The van der Waals surface area contributed by atoms with Crippen LogP contribution in [0.4, 0.5) is 0 Å². The SMILES string of the molecule is CC.CC.CC1CCN(C(C)(C)C)C1.COCN1CCN(C(=O)CCC2CCC(C)CC2)CC1.Cc1cccc(C)c1. The first-order valence-electron chi connectivity index (χ1n) is 17.2. The fraction of sp³-hybridized carbons (Fsp3) is 0.811.